The van der Waals surface area contributed by atoms with E-state index >= 15 is 0 Å². The zero-order valence-corrected chi connectivity index (χ0v) is 24.6. The van der Waals surface area contributed by atoms with E-state index in [-0.39, 0.29) is 30.9 Å². The summed E-state index contributed by atoms with van der Waals surface area (Å²) in [5.74, 6) is -1.91. The number of nitrogens with one attached hydrogen (secondary N) is 1. The Labute approximate surface area is 251 Å². The molecule has 0 aliphatic carbocycles. The standard InChI is InChI=1S/C33H38N4O6/c1-2-43-21-28(39)36-17-13-33(14-18-36)11-15-35(16-12-33)20-22-5-3-6-23(19-22)24-7-4-8-25-29(24)32(42)37(31(25)41)26-9-10-27(38)34-30(26)40/h3-8,19,26H,2,9-18,20-21H2,1H3,(H,34,38,40). The lowest BCUT2D eigenvalue weighted by atomic mass is 9.71. The van der Waals surface area contributed by atoms with Crippen LogP contribution in [0, 0.1) is 5.41 Å². The number of imide groups is 2. The number of piperidine rings is 3. The number of likely N-dealkylation sites (tertiary alicyclic amines) is 2. The number of hydrogen-bond donors (Lipinski definition) is 1. The van der Waals surface area contributed by atoms with Crippen molar-refractivity contribution in [1.29, 1.82) is 0 Å². The average molecular weight is 587 g/mol. The van der Waals surface area contributed by atoms with Crippen LogP contribution in [-0.4, -0.2) is 89.7 Å². The summed E-state index contributed by atoms with van der Waals surface area (Å²) in [5, 5.41) is 2.25. The zero-order chi connectivity index (χ0) is 30.1. The lowest BCUT2D eigenvalue weighted by Gasteiger charge is -2.47. The average Bonchev–Trinajstić information content (AvgIpc) is 3.27. The number of hydrogen-bond acceptors (Lipinski definition) is 7. The van der Waals surface area contributed by atoms with Gasteiger partial charge in [0.2, 0.25) is 17.7 Å². The molecule has 0 saturated carbocycles. The van der Waals surface area contributed by atoms with Crippen molar-refractivity contribution >= 4 is 29.5 Å². The molecule has 4 aliphatic rings. The van der Waals surface area contributed by atoms with E-state index in [0.29, 0.717) is 23.1 Å². The van der Waals surface area contributed by atoms with Gasteiger partial charge in [-0.3, -0.25) is 39.1 Å². The Bertz CT molecular complexity index is 1450. The Hall–Kier alpha value is -3.89. The summed E-state index contributed by atoms with van der Waals surface area (Å²) in [5.41, 5.74) is 3.52. The van der Waals surface area contributed by atoms with Crippen molar-refractivity contribution in [3.8, 4) is 11.1 Å². The number of benzene rings is 2. The van der Waals surface area contributed by atoms with Gasteiger partial charge in [0.15, 0.2) is 0 Å². The molecule has 10 nitrogen and oxygen atoms in total. The Morgan fingerprint density at radius 1 is 0.930 bits per heavy atom. The van der Waals surface area contributed by atoms with Gasteiger partial charge in [-0.2, -0.15) is 0 Å². The molecule has 2 aromatic carbocycles. The van der Waals surface area contributed by atoms with E-state index in [1.54, 1.807) is 12.1 Å². The van der Waals surface area contributed by atoms with Crippen LogP contribution in [0.3, 0.4) is 0 Å². The largest absolute Gasteiger partial charge is 0.372 e. The van der Waals surface area contributed by atoms with Gasteiger partial charge in [-0.15, -0.1) is 0 Å². The van der Waals surface area contributed by atoms with E-state index in [4.69, 9.17) is 4.74 Å². The minimum Gasteiger partial charge on any atom is -0.372 e. The number of carbonyl (C=O) groups excluding carboxylic acids is 5. The SMILES string of the molecule is CCOCC(=O)N1CCC2(CCN(Cc3cccc(-c4cccc5c4C(=O)N(C4CCC(=O)NC4=O)C5=O)c3)CC2)CC1. The van der Waals surface area contributed by atoms with Crippen LogP contribution in [0.15, 0.2) is 42.5 Å². The molecule has 1 unspecified atom stereocenters. The van der Waals surface area contributed by atoms with Crippen molar-refractivity contribution < 1.29 is 28.7 Å². The van der Waals surface area contributed by atoms with Crippen molar-refractivity contribution in [3.63, 3.8) is 0 Å². The number of carbonyl (C=O) groups is 5. The third kappa shape index (κ3) is 5.73. The molecular formula is C33H38N4O6. The number of amides is 5. The van der Waals surface area contributed by atoms with E-state index in [1.807, 2.05) is 30.0 Å². The molecule has 1 atom stereocenters. The summed E-state index contributed by atoms with van der Waals surface area (Å²) in [4.78, 5) is 68.8. The molecule has 1 spiro atoms. The highest BCUT2D eigenvalue weighted by atomic mass is 16.5. The van der Waals surface area contributed by atoms with E-state index in [2.05, 4.69) is 22.3 Å². The Morgan fingerprint density at radius 3 is 2.35 bits per heavy atom. The van der Waals surface area contributed by atoms with Crippen LogP contribution >= 0.6 is 0 Å². The Morgan fingerprint density at radius 2 is 1.63 bits per heavy atom. The second-order valence-electron chi connectivity index (χ2n) is 12.2. The zero-order valence-electron chi connectivity index (χ0n) is 24.6. The van der Waals surface area contributed by atoms with Gasteiger partial charge in [0.25, 0.3) is 11.8 Å². The third-order valence-corrected chi connectivity index (χ3v) is 9.64. The van der Waals surface area contributed by atoms with Crippen LogP contribution in [-0.2, 0) is 25.7 Å². The molecule has 4 aliphatic heterocycles. The van der Waals surface area contributed by atoms with Crippen molar-refractivity contribution in [1.82, 2.24) is 20.0 Å². The molecule has 10 heteroatoms. The number of rotatable bonds is 7. The summed E-state index contributed by atoms with van der Waals surface area (Å²) < 4.78 is 5.31. The molecule has 0 aromatic heterocycles. The molecule has 0 bridgehead atoms. The summed E-state index contributed by atoms with van der Waals surface area (Å²) >= 11 is 0. The molecule has 2 aromatic rings. The van der Waals surface area contributed by atoms with Gasteiger partial charge in [0.05, 0.1) is 11.1 Å². The van der Waals surface area contributed by atoms with Crippen molar-refractivity contribution in [2.75, 3.05) is 39.4 Å². The third-order valence-electron chi connectivity index (χ3n) is 9.64. The van der Waals surface area contributed by atoms with Crippen molar-refractivity contribution in [3.05, 3.63) is 59.2 Å². The predicted octanol–water partition coefficient (Wildman–Crippen LogP) is 3.00. The first-order valence-electron chi connectivity index (χ1n) is 15.3. The maximum Gasteiger partial charge on any atom is 0.262 e. The summed E-state index contributed by atoms with van der Waals surface area (Å²) in [6.45, 7) is 7.00. The highest BCUT2D eigenvalue weighted by Gasteiger charge is 2.45. The predicted molar refractivity (Wildman–Crippen MR) is 158 cm³/mol. The van der Waals surface area contributed by atoms with E-state index in [0.717, 1.165) is 74.4 Å². The smallest absolute Gasteiger partial charge is 0.262 e. The fraction of sp³-hybridized carbons (Fsp3) is 0.485. The first kappa shape index (κ1) is 29.2. The number of nitrogens with zero attached hydrogens (tertiary/aromatic N) is 3. The van der Waals surface area contributed by atoms with Gasteiger partial charge >= 0.3 is 0 Å². The van der Waals surface area contributed by atoms with Crippen LogP contribution in [0.2, 0.25) is 0 Å². The van der Waals surface area contributed by atoms with Crippen LogP contribution in [0.5, 0.6) is 0 Å². The van der Waals surface area contributed by atoms with Gasteiger partial charge in [0.1, 0.15) is 12.6 Å². The molecule has 0 radical (unpaired) electrons. The first-order chi connectivity index (χ1) is 20.8. The second kappa shape index (κ2) is 12.0. The lowest BCUT2D eigenvalue weighted by Crippen LogP contribution is -2.54. The number of ether oxygens (including phenoxy) is 1. The van der Waals surface area contributed by atoms with Gasteiger partial charge in [-0.05, 0) is 86.4 Å². The molecule has 1 N–H and O–H groups in total. The normalized spacial score (nSPS) is 22.2. The van der Waals surface area contributed by atoms with Crippen LogP contribution in [0.1, 0.15) is 71.7 Å². The fourth-order valence-electron chi connectivity index (χ4n) is 7.05. The monoisotopic (exact) mass is 586 g/mol. The van der Waals surface area contributed by atoms with Crippen molar-refractivity contribution in [2.45, 2.75) is 58.0 Å². The maximum atomic E-state index is 13.6. The first-order valence-corrected chi connectivity index (χ1v) is 15.3. The van der Waals surface area contributed by atoms with E-state index in [9.17, 15) is 24.0 Å². The molecule has 6 rings (SSSR count). The van der Waals surface area contributed by atoms with Gasteiger partial charge in [-0.1, -0.05) is 30.3 Å². The van der Waals surface area contributed by atoms with E-state index < -0.39 is 29.7 Å². The summed E-state index contributed by atoms with van der Waals surface area (Å²) in [6.07, 6.45) is 4.51. The minimum atomic E-state index is -0.991. The molecule has 5 amide bonds. The molecule has 3 saturated heterocycles. The summed E-state index contributed by atoms with van der Waals surface area (Å²) in [6, 6.07) is 12.3. The second-order valence-corrected chi connectivity index (χ2v) is 12.2. The number of fused-ring (bicyclic) bond motifs is 1. The Balaban J connectivity index is 1.11. The molecule has 43 heavy (non-hydrogen) atoms. The van der Waals surface area contributed by atoms with Crippen LogP contribution in [0.4, 0.5) is 0 Å². The van der Waals surface area contributed by atoms with Gasteiger partial charge in [0, 0.05) is 32.7 Å². The molecular weight excluding hydrogens is 548 g/mol. The van der Waals surface area contributed by atoms with E-state index in [1.165, 1.54) is 0 Å². The topological polar surface area (TPSA) is 116 Å². The molecule has 226 valence electrons. The highest BCUT2D eigenvalue weighted by molar-refractivity contribution is 6.25. The van der Waals surface area contributed by atoms with Crippen LogP contribution in [0.25, 0.3) is 11.1 Å². The maximum absolute atomic E-state index is 13.6. The lowest BCUT2D eigenvalue weighted by molar-refractivity contribution is -0.139. The van der Waals surface area contributed by atoms with Crippen molar-refractivity contribution in [2.24, 2.45) is 5.41 Å². The summed E-state index contributed by atoms with van der Waals surface area (Å²) in [7, 11) is 0. The highest BCUT2D eigenvalue weighted by Crippen LogP contribution is 2.42. The molecule has 4 heterocycles. The fourth-order valence-corrected chi connectivity index (χ4v) is 7.05. The minimum absolute atomic E-state index is 0.0862. The van der Waals surface area contributed by atoms with Crippen LogP contribution < -0.4 is 5.32 Å². The Kier molecular flexibility index (Phi) is 8.15. The quantitative estimate of drug-likeness (QED) is 0.496. The van der Waals surface area contributed by atoms with Gasteiger partial charge in [-0.25, -0.2) is 0 Å². The van der Waals surface area contributed by atoms with Gasteiger partial charge < -0.3 is 9.64 Å². The molecule has 3 fully saturated rings.